The van der Waals surface area contributed by atoms with Crippen LogP contribution in [0.1, 0.15) is 40.0 Å². The summed E-state index contributed by atoms with van der Waals surface area (Å²) in [6.45, 7) is 8.42. The molecule has 0 fully saturated rings. The van der Waals surface area contributed by atoms with Crippen LogP contribution in [0.3, 0.4) is 0 Å². The van der Waals surface area contributed by atoms with Crippen molar-refractivity contribution in [3.63, 3.8) is 0 Å². The third-order valence-corrected chi connectivity index (χ3v) is 2.46. The molecule has 2 atom stereocenters. The van der Waals surface area contributed by atoms with Crippen LogP contribution in [0, 0.1) is 5.92 Å². The van der Waals surface area contributed by atoms with Gasteiger partial charge in [0.25, 0.3) is 0 Å². The van der Waals surface area contributed by atoms with E-state index >= 15 is 0 Å². The highest BCUT2D eigenvalue weighted by Crippen LogP contribution is 2.09. The molecule has 2 heteroatoms. The average molecular weight is 187 g/mol. The highest BCUT2D eigenvalue weighted by molar-refractivity contribution is 4.66. The Labute approximate surface area is 83.1 Å². The van der Waals surface area contributed by atoms with Crippen LogP contribution in [0.15, 0.2) is 0 Å². The van der Waals surface area contributed by atoms with Crippen LogP contribution in [0.5, 0.6) is 0 Å². The molecule has 0 aromatic carbocycles. The largest absolute Gasteiger partial charge is 0.380 e. The van der Waals surface area contributed by atoms with Crippen LogP contribution in [0.4, 0.5) is 0 Å². The van der Waals surface area contributed by atoms with Gasteiger partial charge in [0.2, 0.25) is 0 Å². The zero-order valence-corrected chi connectivity index (χ0v) is 9.60. The van der Waals surface area contributed by atoms with Gasteiger partial charge in [-0.05, 0) is 25.8 Å². The number of hydrogen-bond donors (Lipinski definition) is 1. The van der Waals surface area contributed by atoms with Crippen LogP contribution < -0.4 is 5.32 Å². The van der Waals surface area contributed by atoms with E-state index in [4.69, 9.17) is 4.74 Å². The Morgan fingerprint density at radius 1 is 1.31 bits per heavy atom. The molecule has 0 bridgehead atoms. The summed E-state index contributed by atoms with van der Waals surface area (Å²) in [5, 5.41) is 3.30. The summed E-state index contributed by atoms with van der Waals surface area (Å²) < 4.78 is 5.52. The lowest BCUT2D eigenvalue weighted by atomic mass is 10.00. The molecule has 80 valence electrons. The Bertz CT molecular complexity index is 106. The second-order valence-corrected chi connectivity index (χ2v) is 3.81. The van der Waals surface area contributed by atoms with Crippen molar-refractivity contribution in [1.82, 2.24) is 5.32 Å². The molecule has 0 saturated heterocycles. The van der Waals surface area contributed by atoms with E-state index in [-0.39, 0.29) is 0 Å². The zero-order valence-electron chi connectivity index (χ0n) is 9.60. The molecule has 2 nitrogen and oxygen atoms in total. The summed E-state index contributed by atoms with van der Waals surface area (Å²) in [6.07, 6.45) is 3.59. The number of likely N-dealkylation sites (N-methyl/N-ethyl adjacent to an activating group) is 1. The molecule has 0 saturated carbocycles. The van der Waals surface area contributed by atoms with Crippen molar-refractivity contribution < 1.29 is 4.74 Å². The van der Waals surface area contributed by atoms with Gasteiger partial charge in [-0.3, -0.25) is 0 Å². The lowest BCUT2D eigenvalue weighted by Gasteiger charge is -2.19. The van der Waals surface area contributed by atoms with E-state index in [2.05, 4.69) is 26.1 Å². The van der Waals surface area contributed by atoms with Gasteiger partial charge in [-0.1, -0.05) is 27.2 Å². The second-order valence-electron chi connectivity index (χ2n) is 3.81. The lowest BCUT2D eigenvalue weighted by molar-refractivity contribution is 0.107. The molecule has 0 aromatic heterocycles. The van der Waals surface area contributed by atoms with E-state index in [1.807, 2.05) is 7.05 Å². The standard InChI is InChI=1S/C11H25NO/c1-5-7-13-9-11(12-4)8-10(3)6-2/h10-12H,5-9H2,1-4H3. The average Bonchev–Trinajstić information content (AvgIpc) is 2.16. The molecule has 0 heterocycles. The van der Waals surface area contributed by atoms with Crippen LogP contribution in [-0.2, 0) is 4.74 Å². The Morgan fingerprint density at radius 3 is 2.46 bits per heavy atom. The highest BCUT2D eigenvalue weighted by atomic mass is 16.5. The van der Waals surface area contributed by atoms with E-state index in [0.29, 0.717) is 6.04 Å². The lowest BCUT2D eigenvalue weighted by Crippen LogP contribution is -2.32. The second kappa shape index (κ2) is 8.52. The first-order chi connectivity index (χ1) is 6.24. The molecule has 0 aromatic rings. The minimum Gasteiger partial charge on any atom is -0.380 e. The van der Waals surface area contributed by atoms with Gasteiger partial charge in [0.15, 0.2) is 0 Å². The molecule has 0 spiro atoms. The van der Waals surface area contributed by atoms with Gasteiger partial charge in [0.1, 0.15) is 0 Å². The van der Waals surface area contributed by atoms with Crippen LogP contribution in [0.25, 0.3) is 0 Å². The Kier molecular flexibility index (Phi) is 8.46. The predicted octanol–water partition coefficient (Wildman–Crippen LogP) is 2.44. The number of rotatable bonds is 8. The monoisotopic (exact) mass is 187 g/mol. The molecule has 0 aliphatic carbocycles. The van der Waals surface area contributed by atoms with E-state index in [1.165, 1.54) is 12.8 Å². The van der Waals surface area contributed by atoms with Gasteiger partial charge in [0, 0.05) is 12.6 Å². The van der Waals surface area contributed by atoms with Gasteiger partial charge in [-0.2, -0.15) is 0 Å². The third kappa shape index (κ3) is 7.03. The molecule has 2 unspecified atom stereocenters. The molecule has 0 aliphatic heterocycles. The van der Waals surface area contributed by atoms with Crippen molar-refractivity contribution in [2.45, 2.75) is 46.1 Å². The Morgan fingerprint density at radius 2 is 2.00 bits per heavy atom. The van der Waals surface area contributed by atoms with Crippen LogP contribution >= 0.6 is 0 Å². The number of nitrogens with one attached hydrogen (secondary N) is 1. The third-order valence-electron chi connectivity index (χ3n) is 2.46. The van der Waals surface area contributed by atoms with Gasteiger partial charge >= 0.3 is 0 Å². The number of ether oxygens (including phenoxy) is 1. The summed E-state index contributed by atoms with van der Waals surface area (Å²) in [5.41, 5.74) is 0. The van der Waals surface area contributed by atoms with Gasteiger partial charge in [0.05, 0.1) is 6.61 Å². The maximum absolute atomic E-state index is 5.52. The predicted molar refractivity (Wildman–Crippen MR) is 58.0 cm³/mol. The fourth-order valence-electron chi connectivity index (χ4n) is 1.29. The van der Waals surface area contributed by atoms with Crippen molar-refractivity contribution in [2.75, 3.05) is 20.3 Å². The summed E-state index contributed by atoms with van der Waals surface area (Å²) in [5.74, 6) is 0.794. The topological polar surface area (TPSA) is 21.3 Å². The molecule has 13 heavy (non-hydrogen) atoms. The molecular weight excluding hydrogens is 162 g/mol. The molecule has 0 rings (SSSR count). The molecule has 0 amide bonds. The normalized spacial score (nSPS) is 15.7. The van der Waals surface area contributed by atoms with Crippen molar-refractivity contribution in [2.24, 2.45) is 5.92 Å². The van der Waals surface area contributed by atoms with Gasteiger partial charge < -0.3 is 10.1 Å². The molecule has 0 aliphatic rings. The quantitative estimate of drug-likeness (QED) is 0.589. The van der Waals surface area contributed by atoms with E-state index < -0.39 is 0 Å². The van der Waals surface area contributed by atoms with Gasteiger partial charge in [-0.15, -0.1) is 0 Å². The SMILES string of the molecule is CCCOCC(CC(C)CC)NC. The molecule has 1 N–H and O–H groups in total. The number of hydrogen-bond acceptors (Lipinski definition) is 2. The maximum Gasteiger partial charge on any atom is 0.0619 e. The van der Waals surface area contributed by atoms with Gasteiger partial charge in [-0.25, -0.2) is 0 Å². The Balaban J connectivity index is 3.50. The van der Waals surface area contributed by atoms with Crippen molar-refractivity contribution in [3.05, 3.63) is 0 Å². The highest BCUT2D eigenvalue weighted by Gasteiger charge is 2.09. The van der Waals surface area contributed by atoms with Crippen molar-refractivity contribution in [1.29, 1.82) is 0 Å². The molecule has 0 radical (unpaired) electrons. The summed E-state index contributed by atoms with van der Waals surface area (Å²) in [6, 6.07) is 0.529. The Hall–Kier alpha value is -0.0800. The molecular formula is C11H25NO. The van der Waals surface area contributed by atoms with Crippen LogP contribution in [0.2, 0.25) is 0 Å². The summed E-state index contributed by atoms with van der Waals surface area (Å²) in [7, 11) is 2.02. The van der Waals surface area contributed by atoms with Crippen LogP contribution in [-0.4, -0.2) is 26.3 Å². The minimum atomic E-state index is 0.529. The fraction of sp³-hybridized carbons (Fsp3) is 1.00. The van der Waals surface area contributed by atoms with E-state index in [0.717, 1.165) is 25.6 Å². The maximum atomic E-state index is 5.52. The first kappa shape index (κ1) is 12.9. The first-order valence-electron chi connectivity index (χ1n) is 5.49. The first-order valence-corrected chi connectivity index (χ1v) is 5.49. The van der Waals surface area contributed by atoms with E-state index in [1.54, 1.807) is 0 Å². The van der Waals surface area contributed by atoms with E-state index in [9.17, 15) is 0 Å². The summed E-state index contributed by atoms with van der Waals surface area (Å²) in [4.78, 5) is 0. The fourth-order valence-corrected chi connectivity index (χ4v) is 1.29. The summed E-state index contributed by atoms with van der Waals surface area (Å²) >= 11 is 0. The minimum absolute atomic E-state index is 0.529. The van der Waals surface area contributed by atoms with Crippen molar-refractivity contribution >= 4 is 0 Å². The smallest absolute Gasteiger partial charge is 0.0619 e. The zero-order chi connectivity index (χ0) is 10.1. The van der Waals surface area contributed by atoms with Crippen molar-refractivity contribution in [3.8, 4) is 0 Å².